The lowest BCUT2D eigenvalue weighted by Crippen LogP contribution is -2.29. The lowest BCUT2D eigenvalue weighted by Gasteiger charge is -2.23. The van der Waals surface area contributed by atoms with Crippen molar-refractivity contribution >= 4 is 28.4 Å². The Morgan fingerprint density at radius 1 is 0.727 bits per heavy atom. The highest BCUT2D eigenvalue weighted by molar-refractivity contribution is 5.68. The van der Waals surface area contributed by atoms with E-state index in [1.54, 1.807) is 35.2 Å². The van der Waals surface area contributed by atoms with E-state index in [9.17, 15) is 20.2 Å². The van der Waals surface area contributed by atoms with Crippen LogP contribution in [0.2, 0.25) is 0 Å². The molecule has 2 aromatic carbocycles. The van der Waals surface area contributed by atoms with Crippen LogP contribution in [0.3, 0.4) is 0 Å². The second-order valence-electron chi connectivity index (χ2n) is 6.47. The van der Waals surface area contributed by atoms with Gasteiger partial charge in [0.2, 0.25) is 0 Å². The Morgan fingerprint density at radius 3 is 1.73 bits per heavy atom. The van der Waals surface area contributed by atoms with E-state index in [1.165, 1.54) is 12.1 Å². The molecule has 2 rings (SSSR count). The van der Waals surface area contributed by atoms with E-state index >= 15 is 0 Å². The van der Waals surface area contributed by atoms with Gasteiger partial charge in [0.25, 0.3) is 11.4 Å². The Hall–Kier alpha value is -3.52. The van der Waals surface area contributed by atoms with Crippen LogP contribution >= 0.6 is 0 Å². The zero-order valence-electron chi connectivity index (χ0n) is 18.0. The number of hydrogen-bond donors (Lipinski definition) is 6. The van der Waals surface area contributed by atoms with Gasteiger partial charge in [0.05, 0.1) is 36.3 Å². The summed E-state index contributed by atoms with van der Waals surface area (Å²) < 4.78 is 0. The van der Waals surface area contributed by atoms with Gasteiger partial charge in [-0.2, -0.15) is 0 Å². The van der Waals surface area contributed by atoms with E-state index in [0.717, 1.165) is 0 Å². The molecule has 0 saturated heterocycles. The highest BCUT2D eigenvalue weighted by Crippen LogP contribution is 2.29. The van der Waals surface area contributed by atoms with Gasteiger partial charge in [-0.25, -0.2) is 0 Å². The third-order valence-corrected chi connectivity index (χ3v) is 4.24. The van der Waals surface area contributed by atoms with Gasteiger partial charge in [0, 0.05) is 44.0 Å². The average molecular weight is 467 g/mol. The van der Waals surface area contributed by atoms with Crippen molar-refractivity contribution in [2.45, 2.75) is 0 Å². The molecule has 0 aliphatic carbocycles. The number of hydrogen-bond acceptors (Lipinski definition) is 11. The molecule has 0 saturated carbocycles. The van der Waals surface area contributed by atoms with Crippen LogP contribution in [0.1, 0.15) is 0 Å². The van der Waals surface area contributed by atoms with Crippen molar-refractivity contribution in [1.29, 1.82) is 0 Å². The molecule has 6 N–H and O–H groups in total. The molecular formula is C20H29N5O8. The van der Waals surface area contributed by atoms with E-state index in [0.29, 0.717) is 23.6 Å². The molecule has 0 fully saturated rings. The molecule has 0 aliphatic heterocycles. The van der Waals surface area contributed by atoms with Crippen molar-refractivity contribution in [2.75, 3.05) is 68.1 Å². The molecule has 0 amide bonds. The smallest absolute Gasteiger partial charge is 0.294 e. The van der Waals surface area contributed by atoms with Crippen LogP contribution in [-0.4, -0.2) is 82.9 Å². The van der Waals surface area contributed by atoms with Crippen molar-refractivity contribution in [2.24, 2.45) is 0 Å². The van der Waals surface area contributed by atoms with E-state index in [-0.39, 0.29) is 57.4 Å². The van der Waals surface area contributed by atoms with E-state index in [1.807, 2.05) is 0 Å². The summed E-state index contributed by atoms with van der Waals surface area (Å²) in [6, 6.07) is 10.9. The normalized spacial score (nSPS) is 10.1. The van der Waals surface area contributed by atoms with Gasteiger partial charge in [0.1, 0.15) is 11.4 Å². The quantitative estimate of drug-likeness (QED) is 0.180. The summed E-state index contributed by atoms with van der Waals surface area (Å²) in [5.41, 5.74) is 1.21. The zero-order valence-corrected chi connectivity index (χ0v) is 18.0. The third-order valence-electron chi connectivity index (χ3n) is 4.24. The minimum atomic E-state index is -0.515. The van der Waals surface area contributed by atoms with Crippen LogP contribution in [-0.2, 0) is 0 Å². The highest BCUT2D eigenvalue weighted by atomic mass is 16.6. The average Bonchev–Trinajstić information content (AvgIpc) is 2.81. The number of anilines is 3. The summed E-state index contributed by atoms with van der Waals surface area (Å²) in [6.07, 6.45) is 0. The minimum absolute atomic E-state index is 0.0240. The Morgan fingerprint density at radius 2 is 1.24 bits per heavy atom. The Balaban J connectivity index is 0.000000361. The van der Waals surface area contributed by atoms with Gasteiger partial charge < -0.3 is 36.0 Å². The van der Waals surface area contributed by atoms with Crippen LogP contribution in [0.5, 0.6) is 0 Å². The Kier molecular flexibility index (Phi) is 12.8. The van der Waals surface area contributed by atoms with Crippen molar-refractivity contribution in [1.82, 2.24) is 0 Å². The molecule has 2 aromatic rings. The molecule has 13 nitrogen and oxygen atoms in total. The van der Waals surface area contributed by atoms with Crippen molar-refractivity contribution in [3.63, 3.8) is 0 Å². The molecule has 0 heterocycles. The van der Waals surface area contributed by atoms with Crippen molar-refractivity contribution in [3.8, 4) is 0 Å². The zero-order chi connectivity index (χ0) is 24.6. The summed E-state index contributed by atoms with van der Waals surface area (Å²) >= 11 is 0. The molecule has 0 aliphatic rings. The SMILES string of the molecule is O=[N+]([O-])c1cc(N(CCO)CCO)ccc1NCCO.O=[N+]([O-])c1ccccc1NCCO. The van der Waals surface area contributed by atoms with Crippen LogP contribution in [0.4, 0.5) is 28.4 Å². The number of nitrogens with one attached hydrogen (secondary N) is 2. The molecule has 0 spiro atoms. The van der Waals surface area contributed by atoms with Gasteiger partial charge in [-0.05, 0) is 18.2 Å². The Labute approximate surface area is 190 Å². The summed E-state index contributed by atoms with van der Waals surface area (Å²) in [7, 11) is 0. The van der Waals surface area contributed by atoms with E-state index in [2.05, 4.69) is 10.6 Å². The van der Waals surface area contributed by atoms with Gasteiger partial charge >= 0.3 is 0 Å². The van der Waals surface area contributed by atoms with Gasteiger partial charge in [-0.3, -0.25) is 20.2 Å². The minimum Gasteiger partial charge on any atom is -0.395 e. The predicted molar refractivity (Wildman–Crippen MR) is 124 cm³/mol. The number of aliphatic hydroxyl groups is 4. The molecule has 0 unspecified atom stereocenters. The number of nitro benzene ring substituents is 2. The maximum Gasteiger partial charge on any atom is 0.294 e. The van der Waals surface area contributed by atoms with Gasteiger partial charge in [0.15, 0.2) is 0 Å². The second kappa shape index (κ2) is 15.3. The largest absolute Gasteiger partial charge is 0.395 e. The fourth-order valence-corrected chi connectivity index (χ4v) is 2.79. The summed E-state index contributed by atoms with van der Waals surface area (Å²) in [5, 5.41) is 62.3. The molecular weight excluding hydrogens is 438 g/mol. The third kappa shape index (κ3) is 9.24. The number of rotatable bonds is 13. The summed E-state index contributed by atoms with van der Waals surface area (Å²) in [4.78, 5) is 22.2. The van der Waals surface area contributed by atoms with Crippen LogP contribution < -0.4 is 15.5 Å². The van der Waals surface area contributed by atoms with Crippen LogP contribution in [0, 0.1) is 20.2 Å². The second-order valence-corrected chi connectivity index (χ2v) is 6.47. The molecule has 0 aromatic heterocycles. The molecule has 0 bridgehead atoms. The first-order valence-corrected chi connectivity index (χ1v) is 10.1. The number of aliphatic hydroxyl groups excluding tert-OH is 4. The standard InChI is InChI=1S/C12H19N3O5.C8H10N2O3/c16-6-3-13-11-2-1-10(9-12(11)15(19)20)14(4-7-17)5-8-18;11-6-5-9-7-3-1-2-4-8(7)10(12)13/h1-2,9,13,16-18H,3-8H2;1-4,9,11H,5-6H2. The predicted octanol–water partition coefficient (Wildman–Crippen LogP) is 0.789. The first kappa shape index (κ1) is 27.5. The van der Waals surface area contributed by atoms with Gasteiger partial charge in [-0.1, -0.05) is 12.1 Å². The monoisotopic (exact) mass is 467 g/mol. The molecule has 0 radical (unpaired) electrons. The lowest BCUT2D eigenvalue weighted by molar-refractivity contribution is -0.384. The fraction of sp³-hybridized carbons (Fsp3) is 0.400. The molecule has 13 heteroatoms. The lowest BCUT2D eigenvalue weighted by atomic mass is 10.2. The first-order valence-electron chi connectivity index (χ1n) is 10.1. The van der Waals surface area contributed by atoms with Crippen LogP contribution in [0.15, 0.2) is 42.5 Å². The topological polar surface area (TPSA) is 194 Å². The van der Waals surface area contributed by atoms with Crippen molar-refractivity contribution < 1.29 is 30.3 Å². The fourth-order valence-electron chi connectivity index (χ4n) is 2.79. The van der Waals surface area contributed by atoms with Gasteiger partial charge in [-0.15, -0.1) is 0 Å². The molecule has 0 atom stereocenters. The molecule has 33 heavy (non-hydrogen) atoms. The maximum absolute atomic E-state index is 11.1. The van der Waals surface area contributed by atoms with E-state index < -0.39 is 9.85 Å². The maximum atomic E-state index is 11.1. The molecule has 182 valence electrons. The Bertz CT molecular complexity index is 877. The van der Waals surface area contributed by atoms with Crippen molar-refractivity contribution in [3.05, 3.63) is 62.7 Å². The number of benzene rings is 2. The summed E-state index contributed by atoms with van der Waals surface area (Å²) in [5.74, 6) is 0. The number of para-hydroxylation sites is 2. The van der Waals surface area contributed by atoms with Crippen LogP contribution in [0.25, 0.3) is 0 Å². The summed E-state index contributed by atoms with van der Waals surface area (Å²) in [6.45, 7) is 0.688. The van der Waals surface area contributed by atoms with E-state index in [4.69, 9.17) is 20.4 Å². The number of nitro groups is 2. The number of nitrogens with zero attached hydrogens (tertiary/aromatic N) is 3. The first-order chi connectivity index (χ1) is 15.9. The highest BCUT2D eigenvalue weighted by Gasteiger charge is 2.17.